The van der Waals surface area contributed by atoms with E-state index in [1.807, 2.05) is 0 Å². The van der Waals surface area contributed by atoms with Crippen molar-refractivity contribution in [2.75, 3.05) is 12.0 Å². The van der Waals surface area contributed by atoms with E-state index in [1.54, 1.807) is 6.26 Å². The van der Waals surface area contributed by atoms with E-state index in [-0.39, 0.29) is 12.8 Å². The molecule has 0 aliphatic rings. The summed E-state index contributed by atoms with van der Waals surface area (Å²) in [7, 11) is 0. The molecular formula is C14H25N3O7S. The van der Waals surface area contributed by atoms with E-state index >= 15 is 0 Å². The molecule has 0 saturated heterocycles. The van der Waals surface area contributed by atoms with Crippen LogP contribution in [-0.4, -0.2) is 75.3 Å². The van der Waals surface area contributed by atoms with Gasteiger partial charge in [0, 0.05) is 6.42 Å². The summed E-state index contributed by atoms with van der Waals surface area (Å²) in [5.74, 6) is -3.54. The number of aliphatic hydroxyl groups excluding tert-OH is 1. The summed E-state index contributed by atoms with van der Waals surface area (Å²) in [6, 6.07) is -3.66. The number of amides is 2. The highest BCUT2D eigenvalue weighted by Crippen LogP contribution is 2.05. The molecule has 0 spiro atoms. The minimum atomic E-state index is -1.39. The molecule has 0 saturated carbocycles. The highest BCUT2D eigenvalue weighted by molar-refractivity contribution is 7.98. The van der Waals surface area contributed by atoms with E-state index in [9.17, 15) is 24.3 Å². The van der Waals surface area contributed by atoms with Crippen molar-refractivity contribution in [2.24, 2.45) is 5.73 Å². The zero-order chi connectivity index (χ0) is 19.6. The van der Waals surface area contributed by atoms with Gasteiger partial charge in [-0.3, -0.25) is 14.4 Å². The molecule has 0 aromatic carbocycles. The first-order chi connectivity index (χ1) is 11.6. The van der Waals surface area contributed by atoms with Crippen molar-refractivity contribution >= 4 is 35.5 Å². The molecule has 0 aromatic rings. The zero-order valence-corrected chi connectivity index (χ0v) is 14.9. The van der Waals surface area contributed by atoms with Crippen LogP contribution in [-0.2, 0) is 19.2 Å². The van der Waals surface area contributed by atoms with Crippen LogP contribution in [0.4, 0.5) is 0 Å². The third-order valence-corrected chi connectivity index (χ3v) is 3.97. The van der Waals surface area contributed by atoms with Crippen molar-refractivity contribution < 1.29 is 34.5 Å². The van der Waals surface area contributed by atoms with Crippen LogP contribution in [0.5, 0.6) is 0 Å². The first-order valence-corrected chi connectivity index (χ1v) is 8.97. The van der Waals surface area contributed by atoms with Gasteiger partial charge in [0.2, 0.25) is 11.8 Å². The number of hydrogen-bond acceptors (Lipinski definition) is 7. The maximum Gasteiger partial charge on any atom is 0.326 e. The first kappa shape index (κ1) is 23.1. The Hall–Kier alpha value is -1.85. The molecule has 4 atom stereocenters. The molecule has 144 valence electrons. The number of carboxylic acid groups (broad SMARTS) is 2. The minimum absolute atomic E-state index is 0.219. The molecule has 0 heterocycles. The summed E-state index contributed by atoms with van der Waals surface area (Å²) in [5.41, 5.74) is 5.51. The van der Waals surface area contributed by atoms with Gasteiger partial charge >= 0.3 is 11.9 Å². The fourth-order valence-electron chi connectivity index (χ4n) is 1.79. The van der Waals surface area contributed by atoms with Crippen LogP contribution in [0.1, 0.15) is 26.2 Å². The molecule has 0 rings (SSSR count). The molecule has 4 unspecified atom stereocenters. The van der Waals surface area contributed by atoms with E-state index in [0.29, 0.717) is 5.75 Å². The molecule has 0 aliphatic heterocycles. The number of aliphatic carboxylic acids is 2. The SMILES string of the molecule is CSCCC(NC(=O)C(N)C(C)O)C(=O)NC(CCC(=O)O)C(=O)O. The Labute approximate surface area is 149 Å². The van der Waals surface area contributed by atoms with E-state index < -0.39 is 54.4 Å². The second-order valence-corrected chi connectivity index (χ2v) is 6.43. The van der Waals surface area contributed by atoms with Crippen LogP contribution in [0.15, 0.2) is 0 Å². The summed E-state index contributed by atoms with van der Waals surface area (Å²) in [5, 5.41) is 31.7. The topological polar surface area (TPSA) is 179 Å². The maximum atomic E-state index is 12.3. The van der Waals surface area contributed by atoms with Crippen molar-refractivity contribution in [3.05, 3.63) is 0 Å². The van der Waals surface area contributed by atoms with Gasteiger partial charge in [-0.15, -0.1) is 0 Å². The number of nitrogens with one attached hydrogen (secondary N) is 2. The number of rotatable bonds is 12. The fraction of sp³-hybridized carbons (Fsp3) is 0.714. The highest BCUT2D eigenvalue weighted by atomic mass is 32.2. The molecule has 7 N–H and O–H groups in total. The molecule has 0 radical (unpaired) electrons. The normalized spacial score (nSPS) is 15.5. The number of nitrogens with two attached hydrogens (primary N) is 1. The van der Waals surface area contributed by atoms with Gasteiger partial charge < -0.3 is 31.7 Å². The molecule has 25 heavy (non-hydrogen) atoms. The van der Waals surface area contributed by atoms with Crippen molar-refractivity contribution in [1.82, 2.24) is 10.6 Å². The number of carbonyl (C=O) groups excluding carboxylic acids is 2. The first-order valence-electron chi connectivity index (χ1n) is 7.58. The fourth-order valence-corrected chi connectivity index (χ4v) is 2.26. The summed E-state index contributed by atoms with van der Waals surface area (Å²) >= 11 is 1.42. The number of aliphatic hydroxyl groups is 1. The van der Waals surface area contributed by atoms with Crippen LogP contribution in [0.25, 0.3) is 0 Å². The quantitative estimate of drug-likeness (QED) is 0.232. The lowest BCUT2D eigenvalue weighted by atomic mass is 10.1. The average molecular weight is 379 g/mol. The smallest absolute Gasteiger partial charge is 0.326 e. The van der Waals surface area contributed by atoms with Crippen molar-refractivity contribution in [1.29, 1.82) is 0 Å². The maximum absolute atomic E-state index is 12.3. The van der Waals surface area contributed by atoms with Gasteiger partial charge in [0.15, 0.2) is 0 Å². The van der Waals surface area contributed by atoms with Crippen LogP contribution in [0, 0.1) is 0 Å². The Bertz CT molecular complexity index is 487. The van der Waals surface area contributed by atoms with Crippen LogP contribution < -0.4 is 16.4 Å². The molecule has 0 aliphatic carbocycles. The average Bonchev–Trinajstić information content (AvgIpc) is 2.53. The van der Waals surface area contributed by atoms with Crippen LogP contribution >= 0.6 is 11.8 Å². The Balaban J connectivity index is 4.98. The predicted octanol–water partition coefficient (Wildman–Crippen LogP) is -1.63. The lowest BCUT2D eigenvalue weighted by Gasteiger charge is -2.23. The summed E-state index contributed by atoms with van der Waals surface area (Å²) in [6.45, 7) is 1.33. The van der Waals surface area contributed by atoms with Crippen molar-refractivity contribution in [3.8, 4) is 0 Å². The van der Waals surface area contributed by atoms with Gasteiger partial charge in [-0.2, -0.15) is 11.8 Å². The molecule has 0 aromatic heterocycles. The Morgan fingerprint density at radius 3 is 2.04 bits per heavy atom. The molecule has 2 amide bonds. The second-order valence-electron chi connectivity index (χ2n) is 5.44. The molecule has 11 heteroatoms. The number of carboxylic acids is 2. The van der Waals surface area contributed by atoms with Gasteiger partial charge in [0.05, 0.1) is 6.10 Å². The third kappa shape index (κ3) is 9.27. The minimum Gasteiger partial charge on any atom is -0.481 e. The van der Waals surface area contributed by atoms with Gasteiger partial charge in [-0.1, -0.05) is 0 Å². The predicted molar refractivity (Wildman–Crippen MR) is 91.0 cm³/mol. The van der Waals surface area contributed by atoms with Crippen molar-refractivity contribution in [3.63, 3.8) is 0 Å². The van der Waals surface area contributed by atoms with Gasteiger partial charge in [0.25, 0.3) is 0 Å². The van der Waals surface area contributed by atoms with E-state index in [0.717, 1.165) is 0 Å². The molecular weight excluding hydrogens is 354 g/mol. The lowest BCUT2D eigenvalue weighted by Crippen LogP contribution is -2.56. The number of thioether (sulfide) groups is 1. The Morgan fingerprint density at radius 2 is 1.60 bits per heavy atom. The molecule has 0 fully saturated rings. The second kappa shape index (κ2) is 11.7. The monoisotopic (exact) mass is 379 g/mol. The van der Waals surface area contributed by atoms with E-state index in [2.05, 4.69) is 10.6 Å². The molecule has 10 nitrogen and oxygen atoms in total. The number of hydrogen-bond donors (Lipinski definition) is 6. The van der Waals surface area contributed by atoms with Crippen LogP contribution in [0.3, 0.4) is 0 Å². The van der Waals surface area contributed by atoms with Gasteiger partial charge in [-0.25, -0.2) is 4.79 Å². The molecule has 0 bridgehead atoms. The summed E-state index contributed by atoms with van der Waals surface area (Å²) < 4.78 is 0. The summed E-state index contributed by atoms with van der Waals surface area (Å²) in [4.78, 5) is 45.9. The third-order valence-electron chi connectivity index (χ3n) is 3.33. The highest BCUT2D eigenvalue weighted by Gasteiger charge is 2.29. The Kier molecular flexibility index (Phi) is 10.8. The van der Waals surface area contributed by atoms with Gasteiger partial charge in [0.1, 0.15) is 18.1 Å². The standard InChI is InChI=1S/C14H25N3O7S/c1-7(18)11(15)13(22)16-8(5-6-25-2)12(21)17-9(14(23)24)3-4-10(19)20/h7-9,11,18H,3-6,15H2,1-2H3,(H,16,22)(H,17,21)(H,19,20)(H,23,24). The Morgan fingerprint density at radius 1 is 1.04 bits per heavy atom. The summed E-state index contributed by atoms with van der Waals surface area (Å²) in [6.07, 6.45) is 0.187. The van der Waals surface area contributed by atoms with E-state index in [1.165, 1.54) is 18.7 Å². The number of carbonyl (C=O) groups is 4. The largest absolute Gasteiger partial charge is 0.481 e. The van der Waals surface area contributed by atoms with E-state index in [4.69, 9.17) is 15.9 Å². The van der Waals surface area contributed by atoms with Crippen molar-refractivity contribution in [2.45, 2.75) is 50.4 Å². The van der Waals surface area contributed by atoms with Gasteiger partial charge in [-0.05, 0) is 31.8 Å². The zero-order valence-electron chi connectivity index (χ0n) is 14.1. The lowest BCUT2D eigenvalue weighted by molar-refractivity contribution is -0.143. The van der Waals surface area contributed by atoms with Crippen LogP contribution in [0.2, 0.25) is 0 Å².